The van der Waals surface area contributed by atoms with E-state index in [4.69, 9.17) is 4.74 Å². The second-order valence-electron chi connectivity index (χ2n) is 6.37. The number of ether oxygens (including phenoxy) is 1. The fraction of sp³-hybridized carbons (Fsp3) is 0.0435. The molecule has 0 radical (unpaired) electrons. The van der Waals surface area contributed by atoms with Crippen molar-refractivity contribution < 1.29 is 9.53 Å². The van der Waals surface area contributed by atoms with Crippen LogP contribution in [0.3, 0.4) is 0 Å². The molecule has 2 aromatic heterocycles. The molecule has 0 bridgehead atoms. The fourth-order valence-corrected chi connectivity index (χ4v) is 2.74. The lowest BCUT2D eigenvalue weighted by atomic mass is 10.1. The maximum Gasteiger partial charge on any atom is 0.322 e. The summed E-state index contributed by atoms with van der Waals surface area (Å²) in [6, 6.07) is 20.3. The second-order valence-corrected chi connectivity index (χ2v) is 6.37. The quantitative estimate of drug-likeness (QED) is 0.532. The largest absolute Gasteiger partial charge is 0.424 e. The molecule has 2 heterocycles. The molecule has 0 aliphatic heterocycles. The van der Waals surface area contributed by atoms with Gasteiger partial charge in [0.15, 0.2) is 0 Å². The Morgan fingerprint density at radius 3 is 2.62 bits per heavy atom. The molecule has 0 aliphatic rings. The first-order valence-electron chi connectivity index (χ1n) is 9.07. The lowest BCUT2D eigenvalue weighted by Crippen LogP contribution is -2.12. The van der Waals surface area contributed by atoms with E-state index in [1.807, 2.05) is 55.5 Å². The van der Waals surface area contributed by atoms with E-state index in [2.05, 4.69) is 20.3 Å². The molecule has 29 heavy (non-hydrogen) atoms. The third-order valence-electron chi connectivity index (χ3n) is 4.27. The van der Waals surface area contributed by atoms with Crippen LogP contribution in [0.2, 0.25) is 0 Å². The highest BCUT2D eigenvalue weighted by atomic mass is 16.5. The second kappa shape index (κ2) is 8.31. The number of amides is 1. The third kappa shape index (κ3) is 4.44. The van der Waals surface area contributed by atoms with Crippen molar-refractivity contribution in [3.63, 3.8) is 0 Å². The van der Waals surface area contributed by atoms with Crippen LogP contribution < -0.4 is 10.1 Å². The summed E-state index contributed by atoms with van der Waals surface area (Å²) in [4.78, 5) is 25.3. The fourth-order valence-electron chi connectivity index (χ4n) is 2.74. The number of nitrogens with zero attached hydrogens (tertiary/aromatic N) is 3. The van der Waals surface area contributed by atoms with Crippen molar-refractivity contribution in [2.24, 2.45) is 0 Å². The number of carbonyl (C=O) groups excluding carboxylic acids is 1. The Morgan fingerprint density at radius 1 is 0.966 bits per heavy atom. The van der Waals surface area contributed by atoms with Crippen LogP contribution in [0.25, 0.3) is 11.3 Å². The van der Waals surface area contributed by atoms with Gasteiger partial charge in [0.1, 0.15) is 5.75 Å². The molecule has 6 nitrogen and oxygen atoms in total. The minimum Gasteiger partial charge on any atom is -0.424 e. The maximum atomic E-state index is 12.6. The van der Waals surface area contributed by atoms with Crippen molar-refractivity contribution in [1.82, 2.24) is 15.0 Å². The number of nitrogens with one attached hydrogen (secondary N) is 1. The average molecular weight is 382 g/mol. The van der Waals surface area contributed by atoms with Gasteiger partial charge < -0.3 is 10.1 Å². The number of benzene rings is 2. The van der Waals surface area contributed by atoms with Crippen molar-refractivity contribution >= 4 is 11.6 Å². The van der Waals surface area contributed by atoms with Crippen LogP contribution in [0.5, 0.6) is 11.8 Å². The topological polar surface area (TPSA) is 77.0 Å². The first-order chi connectivity index (χ1) is 14.2. The number of hydrogen-bond acceptors (Lipinski definition) is 5. The number of aromatic nitrogens is 3. The van der Waals surface area contributed by atoms with E-state index < -0.39 is 0 Å². The molecule has 4 rings (SSSR count). The van der Waals surface area contributed by atoms with Crippen LogP contribution in [0.1, 0.15) is 15.9 Å². The van der Waals surface area contributed by atoms with Gasteiger partial charge in [-0.3, -0.25) is 9.78 Å². The summed E-state index contributed by atoms with van der Waals surface area (Å²) in [5.41, 5.74) is 3.66. The maximum absolute atomic E-state index is 12.6. The summed E-state index contributed by atoms with van der Waals surface area (Å²) in [7, 11) is 0. The van der Waals surface area contributed by atoms with E-state index >= 15 is 0 Å². The van der Waals surface area contributed by atoms with Crippen LogP contribution in [-0.4, -0.2) is 20.9 Å². The van der Waals surface area contributed by atoms with Crippen LogP contribution in [0, 0.1) is 6.92 Å². The van der Waals surface area contributed by atoms with Gasteiger partial charge >= 0.3 is 6.01 Å². The highest BCUT2D eigenvalue weighted by Crippen LogP contribution is 2.26. The zero-order chi connectivity index (χ0) is 20.1. The van der Waals surface area contributed by atoms with Crippen molar-refractivity contribution in [3.05, 3.63) is 96.4 Å². The number of anilines is 1. The number of rotatable bonds is 5. The van der Waals surface area contributed by atoms with Crippen molar-refractivity contribution in [2.75, 3.05) is 5.32 Å². The zero-order valence-corrected chi connectivity index (χ0v) is 15.7. The van der Waals surface area contributed by atoms with Gasteiger partial charge in [-0.1, -0.05) is 24.3 Å². The van der Waals surface area contributed by atoms with E-state index in [1.54, 1.807) is 36.8 Å². The zero-order valence-electron chi connectivity index (χ0n) is 15.7. The summed E-state index contributed by atoms with van der Waals surface area (Å²) in [6.07, 6.45) is 5.06. The Balaban J connectivity index is 1.56. The standard InChI is InChI=1S/C23H18N4O2/c1-16-9-10-17(22(28)26-19-7-3-2-4-8-19)14-21(16)29-23-25-13-11-20(27-23)18-6-5-12-24-15-18/h2-15H,1H3,(H,26,28). The van der Waals surface area contributed by atoms with Crippen LogP contribution in [-0.2, 0) is 0 Å². The van der Waals surface area contributed by atoms with Crippen molar-refractivity contribution in [3.8, 4) is 23.0 Å². The lowest BCUT2D eigenvalue weighted by Gasteiger charge is -2.10. The highest BCUT2D eigenvalue weighted by Gasteiger charge is 2.12. The van der Waals surface area contributed by atoms with Gasteiger partial charge in [0.05, 0.1) is 5.69 Å². The molecule has 0 unspecified atom stereocenters. The van der Waals surface area contributed by atoms with Crippen LogP contribution in [0.4, 0.5) is 5.69 Å². The average Bonchev–Trinajstić information content (AvgIpc) is 2.77. The van der Waals surface area contributed by atoms with Crippen LogP contribution in [0.15, 0.2) is 85.3 Å². The normalized spacial score (nSPS) is 10.4. The molecule has 0 aliphatic carbocycles. The number of pyridine rings is 1. The first-order valence-corrected chi connectivity index (χ1v) is 9.07. The van der Waals surface area contributed by atoms with E-state index in [0.717, 1.165) is 16.8 Å². The third-order valence-corrected chi connectivity index (χ3v) is 4.27. The van der Waals surface area contributed by atoms with Gasteiger partial charge in [0, 0.05) is 35.4 Å². The Kier molecular flexibility index (Phi) is 5.25. The summed E-state index contributed by atoms with van der Waals surface area (Å²) >= 11 is 0. The first kappa shape index (κ1) is 18.3. The van der Waals surface area contributed by atoms with Crippen LogP contribution >= 0.6 is 0 Å². The predicted octanol–water partition coefficient (Wildman–Crippen LogP) is 4.89. The molecule has 2 aromatic carbocycles. The minimum atomic E-state index is -0.217. The SMILES string of the molecule is Cc1ccc(C(=O)Nc2ccccc2)cc1Oc1nccc(-c2cccnc2)n1. The van der Waals surface area contributed by atoms with Gasteiger partial charge in [-0.2, -0.15) is 4.98 Å². The van der Waals surface area contributed by atoms with Gasteiger partial charge in [-0.05, 0) is 55.0 Å². The summed E-state index contributed by atoms with van der Waals surface area (Å²) in [6.45, 7) is 1.90. The summed E-state index contributed by atoms with van der Waals surface area (Å²) in [5.74, 6) is 0.306. The molecule has 6 heteroatoms. The molecule has 0 spiro atoms. The number of para-hydroxylation sites is 1. The summed E-state index contributed by atoms with van der Waals surface area (Å²) in [5, 5.41) is 2.87. The Morgan fingerprint density at radius 2 is 1.83 bits per heavy atom. The molecule has 0 atom stereocenters. The Hall–Kier alpha value is -4.06. The van der Waals surface area contributed by atoms with Gasteiger partial charge in [0.2, 0.25) is 0 Å². The molecular weight excluding hydrogens is 364 g/mol. The molecule has 0 saturated heterocycles. The minimum absolute atomic E-state index is 0.204. The molecule has 4 aromatic rings. The molecule has 1 amide bonds. The van der Waals surface area contributed by atoms with Gasteiger partial charge in [0.25, 0.3) is 5.91 Å². The van der Waals surface area contributed by atoms with Gasteiger partial charge in [-0.15, -0.1) is 0 Å². The van der Waals surface area contributed by atoms with E-state index in [0.29, 0.717) is 17.0 Å². The molecule has 142 valence electrons. The highest BCUT2D eigenvalue weighted by molar-refractivity contribution is 6.04. The molecule has 0 saturated carbocycles. The van der Waals surface area contributed by atoms with E-state index in [9.17, 15) is 4.79 Å². The Bertz CT molecular complexity index is 1130. The molecule has 0 fully saturated rings. The lowest BCUT2D eigenvalue weighted by molar-refractivity contribution is 0.102. The molecular formula is C23H18N4O2. The smallest absolute Gasteiger partial charge is 0.322 e. The summed E-state index contributed by atoms with van der Waals surface area (Å²) < 4.78 is 5.89. The molecule has 1 N–H and O–H groups in total. The van der Waals surface area contributed by atoms with E-state index in [-0.39, 0.29) is 11.9 Å². The Labute approximate surface area is 168 Å². The predicted molar refractivity (Wildman–Crippen MR) is 111 cm³/mol. The number of aryl methyl sites for hydroxylation is 1. The van der Waals surface area contributed by atoms with E-state index in [1.165, 1.54) is 0 Å². The van der Waals surface area contributed by atoms with Gasteiger partial charge in [-0.25, -0.2) is 4.98 Å². The monoisotopic (exact) mass is 382 g/mol. The van der Waals surface area contributed by atoms with Crippen molar-refractivity contribution in [2.45, 2.75) is 6.92 Å². The number of carbonyl (C=O) groups is 1. The number of hydrogen-bond donors (Lipinski definition) is 1. The van der Waals surface area contributed by atoms with Crippen molar-refractivity contribution in [1.29, 1.82) is 0 Å².